The predicted octanol–water partition coefficient (Wildman–Crippen LogP) is 0.888. The molecule has 0 unspecified atom stereocenters. The van der Waals surface area contributed by atoms with Gasteiger partial charge < -0.3 is 5.73 Å². The molecule has 0 bridgehead atoms. The van der Waals surface area contributed by atoms with E-state index in [1.54, 1.807) is 0 Å². The first-order valence-corrected chi connectivity index (χ1v) is 5.60. The van der Waals surface area contributed by atoms with Gasteiger partial charge in [-0.3, -0.25) is 4.90 Å². The van der Waals surface area contributed by atoms with E-state index in [2.05, 4.69) is 14.9 Å². The number of aryl methyl sites for hydroxylation is 1. The first kappa shape index (κ1) is 9.09. The van der Waals surface area contributed by atoms with Crippen molar-refractivity contribution in [2.75, 3.05) is 12.3 Å². The van der Waals surface area contributed by atoms with Gasteiger partial charge >= 0.3 is 0 Å². The van der Waals surface area contributed by atoms with Gasteiger partial charge in [0.2, 0.25) is 0 Å². The minimum absolute atomic E-state index is 0.683. The van der Waals surface area contributed by atoms with Crippen molar-refractivity contribution in [3.8, 4) is 0 Å². The van der Waals surface area contributed by atoms with Crippen molar-refractivity contribution in [1.82, 2.24) is 14.9 Å². The molecule has 1 aromatic rings. The zero-order chi connectivity index (χ0) is 10.4. The molecule has 1 aromatic heterocycles. The Hall–Kier alpha value is -1.16. The highest BCUT2D eigenvalue weighted by atomic mass is 15.2. The lowest BCUT2D eigenvalue weighted by atomic mass is 10.1. The Kier molecular flexibility index (Phi) is 1.92. The quantitative estimate of drug-likeness (QED) is 0.738. The molecule has 2 heterocycles. The molecular formula is C11H16N4. The Morgan fingerprint density at radius 2 is 2.13 bits per heavy atom. The van der Waals surface area contributed by atoms with Crippen molar-refractivity contribution in [3.63, 3.8) is 0 Å². The second-order valence-corrected chi connectivity index (χ2v) is 4.53. The molecule has 0 atom stereocenters. The van der Waals surface area contributed by atoms with Crippen LogP contribution in [0, 0.1) is 6.92 Å². The molecule has 3 rings (SSSR count). The third kappa shape index (κ3) is 1.59. The van der Waals surface area contributed by atoms with Crippen molar-refractivity contribution in [3.05, 3.63) is 17.1 Å². The van der Waals surface area contributed by atoms with E-state index in [1.807, 2.05) is 6.92 Å². The number of nitrogens with two attached hydrogens (primary N) is 1. The minimum Gasteiger partial charge on any atom is -0.383 e. The highest BCUT2D eigenvalue weighted by molar-refractivity contribution is 5.43. The lowest BCUT2D eigenvalue weighted by Crippen LogP contribution is -2.33. The number of anilines is 1. The number of hydrogen-bond acceptors (Lipinski definition) is 4. The largest absolute Gasteiger partial charge is 0.383 e. The highest BCUT2D eigenvalue weighted by Gasteiger charge is 2.32. The van der Waals surface area contributed by atoms with E-state index < -0.39 is 0 Å². The average molecular weight is 204 g/mol. The lowest BCUT2D eigenvalue weighted by Gasteiger charge is -2.28. The van der Waals surface area contributed by atoms with E-state index >= 15 is 0 Å². The molecule has 1 saturated carbocycles. The molecule has 1 aliphatic heterocycles. The molecular weight excluding hydrogens is 188 g/mol. The summed E-state index contributed by atoms with van der Waals surface area (Å²) >= 11 is 0. The van der Waals surface area contributed by atoms with Crippen LogP contribution >= 0.6 is 0 Å². The normalized spacial score (nSPS) is 21.4. The summed E-state index contributed by atoms with van der Waals surface area (Å²) in [5.74, 6) is 1.48. The van der Waals surface area contributed by atoms with Crippen LogP contribution in [0.1, 0.15) is 29.9 Å². The maximum atomic E-state index is 5.95. The van der Waals surface area contributed by atoms with Gasteiger partial charge in [-0.15, -0.1) is 0 Å². The standard InChI is InChI=1S/C11H16N4/c1-7-13-10-4-5-15(8-2-3-8)6-9(10)11(12)14-7/h8H,2-6H2,1H3,(H2,12,13,14). The average Bonchev–Trinajstić information content (AvgIpc) is 3.00. The Balaban J connectivity index is 1.93. The zero-order valence-corrected chi connectivity index (χ0v) is 9.03. The van der Waals surface area contributed by atoms with Gasteiger partial charge in [0, 0.05) is 31.1 Å². The molecule has 4 heteroatoms. The highest BCUT2D eigenvalue weighted by Crippen LogP contribution is 2.32. The Morgan fingerprint density at radius 3 is 2.87 bits per heavy atom. The number of rotatable bonds is 1. The minimum atomic E-state index is 0.683. The topological polar surface area (TPSA) is 55.0 Å². The summed E-state index contributed by atoms with van der Waals surface area (Å²) in [6, 6.07) is 0.804. The van der Waals surface area contributed by atoms with Crippen LogP contribution in [-0.2, 0) is 13.0 Å². The summed E-state index contributed by atoms with van der Waals surface area (Å²) in [6.45, 7) is 3.99. The van der Waals surface area contributed by atoms with Crippen LogP contribution in [0.2, 0.25) is 0 Å². The lowest BCUT2D eigenvalue weighted by molar-refractivity contribution is 0.241. The van der Waals surface area contributed by atoms with Gasteiger partial charge in [0.05, 0.1) is 5.69 Å². The summed E-state index contributed by atoms with van der Waals surface area (Å²) < 4.78 is 0. The Labute approximate surface area is 89.5 Å². The van der Waals surface area contributed by atoms with Crippen LogP contribution in [0.4, 0.5) is 5.82 Å². The molecule has 80 valence electrons. The van der Waals surface area contributed by atoms with Gasteiger partial charge in [-0.25, -0.2) is 9.97 Å². The summed E-state index contributed by atoms with van der Waals surface area (Å²) in [5, 5.41) is 0. The first-order valence-electron chi connectivity index (χ1n) is 5.60. The van der Waals surface area contributed by atoms with Gasteiger partial charge in [-0.1, -0.05) is 0 Å². The second kappa shape index (κ2) is 3.17. The zero-order valence-electron chi connectivity index (χ0n) is 9.03. The Morgan fingerprint density at radius 1 is 1.33 bits per heavy atom. The number of hydrogen-bond donors (Lipinski definition) is 1. The summed E-state index contributed by atoms with van der Waals surface area (Å²) in [6.07, 6.45) is 3.73. The first-order chi connectivity index (χ1) is 7.24. The van der Waals surface area contributed by atoms with E-state index in [9.17, 15) is 0 Å². The van der Waals surface area contributed by atoms with Crippen LogP contribution in [0.15, 0.2) is 0 Å². The van der Waals surface area contributed by atoms with Crippen molar-refractivity contribution in [2.45, 2.75) is 38.8 Å². The molecule has 4 nitrogen and oxygen atoms in total. The smallest absolute Gasteiger partial charge is 0.131 e. The molecule has 2 N–H and O–H groups in total. The SMILES string of the molecule is Cc1nc(N)c2c(n1)CCN(C1CC1)C2. The van der Waals surface area contributed by atoms with E-state index in [4.69, 9.17) is 5.73 Å². The van der Waals surface area contributed by atoms with Crippen molar-refractivity contribution >= 4 is 5.82 Å². The molecule has 0 spiro atoms. The van der Waals surface area contributed by atoms with Crippen LogP contribution in [0.3, 0.4) is 0 Å². The summed E-state index contributed by atoms with van der Waals surface area (Å²) in [5.41, 5.74) is 8.28. The molecule has 0 amide bonds. The third-order valence-electron chi connectivity index (χ3n) is 3.30. The molecule has 1 fully saturated rings. The van der Waals surface area contributed by atoms with E-state index in [0.717, 1.165) is 37.1 Å². The van der Waals surface area contributed by atoms with Crippen LogP contribution in [-0.4, -0.2) is 27.5 Å². The van der Waals surface area contributed by atoms with Gasteiger partial charge in [0.1, 0.15) is 11.6 Å². The molecule has 1 aliphatic carbocycles. The number of aromatic nitrogens is 2. The fourth-order valence-electron chi connectivity index (χ4n) is 2.34. The summed E-state index contributed by atoms with van der Waals surface area (Å²) in [7, 11) is 0. The van der Waals surface area contributed by atoms with Gasteiger partial charge in [0.15, 0.2) is 0 Å². The van der Waals surface area contributed by atoms with Gasteiger partial charge in [0.25, 0.3) is 0 Å². The van der Waals surface area contributed by atoms with Crippen molar-refractivity contribution < 1.29 is 0 Å². The molecule has 0 saturated heterocycles. The molecule has 0 aromatic carbocycles. The monoisotopic (exact) mass is 204 g/mol. The molecule has 0 radical (unpaired) electrons. The van der Waals surface area contributed by atoms with Crippen LogP contribution < -0.4 is 5.73 Å². The Bertz CT molecular complexity index is 398. The number of nitrogens with zero attached hydrogens (tertiary/aromatic N) is 3. The van der Waals surface area contributed by atoms with E-state index in [0.29, 0.717) is 5.82 Å². The fourth-order valence-corrected chi connectivity index (χ4v) is 2.34. The molecule has 15 heavy (non-hydrogen) atoms. The number of nitrogen functional groups attached to an aromatic ring is 1. The van der Waals surface area contributed by atoms with Crippen molar-refractivity contribution in [1.29, 1.82) is 0 Å². The van der Waals surface area contributed by atoms with Crippen LogP contribution in [0.25, 0.3) is 0 Å². The maximum absolute atomic E-state index is 5.95. The van der Waals surface area contributed by atoms with Gasteiger partial charge in [-0.05, 0) is 19.8 Å². The third-order valence-corrected chi connectivity index (χ3v) is 3.30. The van der Waals surface area contributed by atoms with Gasteiger partial charge in [-0.2, -0.15) is 0 Å². The van der Waals surface area contributed by atoms with Crippen molar-refractivity contribution in [2.24, 2.45) is 0 Å². The predicted molar refractivity (Wildman–Crippen MR) is 58.3 cm³/mol. The number of fused-ring (bicyclic) bond motifs is 1. The fraction of sp³-hybridized carbons (Fsp3) is 0.636. The molecule has 2 aliphatic rings. The van der Waals surface area contributed by atoms with E-state index in [-0.39, 0.29) is 0 Å². The second-order valence-electron chi connectivity index (χ2n) is 4.53. The van der Waals surface area contributed by atoms with Crippen LogP contribution in [0.5, 0.6) is 0 Å². The maximum Gasteiger partial charge on any atom is 0.131 e. The van der Waals surface area contributed by atoms with E-state index in [1.165, 1.54) is 18.4 Å². The summed E-state index contributed by atoms with van der Waals surface area (Å²) in [4.78, 5) is 11.2.